The van der Waals surface area contributed by atoms with Crippen LogP contribution in [0, 0.1) is 0 Å². The van der Waals surface area contributed by atoms with Crippen molar-refractivity contribution in [3.63, 3.8) is 0 Å². The third-order valence-electron chi connectivity index (χ3n) is 3.84. The molecule has 0 unspecified atom stereocenters. The van der Waals surface area contributed by atoms with Crippen molar-refractivity contribution in [2.45, 2.75) is 50.9 Å². The topological polar surface area (TPSA) is 83.2 Å². The summed E-state index contributed by atoms with van der Waals surface area (Å²) in [6, 6.07) is 0. The van der Waals surface area contributed by atoms with Crippen LogP contribution in [0.2, 0.25) is 0 Å². The van der Waals surface area contributed by atoms with Gasteiger partial charge < -0.3 is 15.2 Å². The van der Waals surface area contributed by atoms with Gasteiger partial charge in [-0.05, 0) is 12.8 Å². The van der Waals surface area contributed by atoms with Gasteiger partial charge in [0.1, 0.15) is 11.6 Å². The molecule has 1 heterocycles. The highest BCUT2D eigenvalue weighted by Gasteiger charge is 2.18. The van der Waals surface area contributed by atoms with E-state index in [4.69, 9.17) is 15.2 Å². The SMILES string of the molecule is COCCOCCc1nc(N)nc(C2CCCCCC2)n1. The highest BCUT2D eigenvalue weighted by molar-refractivity contribution is 5.17. The van der Waals surface area contributed by atoms with Gasteiger partial charge in [0.05, 0.1) is 19.8 Å². The first-order valence-corrected chi connectivity index (χ1v) is 7.86. The summed E-state index contributed by atoms with van der Waals surface area (Å²) in [6.07, 6.45) is 8.13. The Morgan fingerprint density at radius 1 is 1.00 bits per heavy atom. The fourth-order valence-electron chi connectivity index (χ4n) is 2.70. The van der Waals surface area contributed by atoms with Crippen molar-refractivity contribution in [3.05, 3.63) is 11.6 Å². The lowest BCUT2D eigenvalue weighted by atomic mass is 9.99. The van der Waals surface area contributed by atoms with E-state index in [0.29, 0.717) is 38.1 Å². The zero-order chi connectivity index (χ0) is 14.9. The van der Waals surface area contributed by atoms with E-state index in [1.165, 1.54) is 25.7 Å². The van der Waals surface area contributed by atoms with Crippen LogP contribution in [-0.2, 0) is 15.9 Å². The van der Waals surface area contributed by atoms with Crippen LogP contribution in [-0.4, -0.2) is 41.9 Å². The summed E-state index contributed by atoms with van der Waals surface area (Å²) < 4.78 is 10.4. The monoisotopic (exact) mass is 294 g/mol. The molecule has 1 aromatic heterocycles. The van der Waals surface area contributed by atoms with E-state index < -0.39 is 0 Å². The van der Waals surface area contributed by atoms with Crippen molar-refractivity contribution >= 4 is 5.95 Å². The normalized spacial score (nSPS) is 16.8. The first-order valence-electron chi connectivity index (χ1n) is 7.86. The van der Waals surface area contributed by atoms with Gasteiger partial charge in [0.15, 0.2) is 0 Å². The predicted octanol–water partition coefficient (Wildman–Crippen LogP) is 2.10. The molecule has 0 amide bonds. The molecule has 0 atom stereocenters. The van der Waals surface area contributed by atoms with Gasteiger partial charge in [-0.2, -0.15) is 9.97 Å². The van der Waals surface area contributed by atoms with Crippen molar-refractivity contribution < 1.29 is 9.47 Å². The Bertz CT molecular complexity index is 420. The smallest absolute Gasteiger partial charge is 0.223 e. The number of rotatable bonds is 7. The van der Waals surface area contributed by atoms with Gasteiger partial charge in [-0.3, -0.25) is 0 Å². The van der Waals surface area contributed by atoms with E-state index in [-0.39, 0.29) is 0 Å². The summed E-state index contributed by atoms with van der Waals surface area (Å²) in [5, 5.41) is 0. The number of ether oxygens (including phenoxy) is 2. The summed E-state index contributed by atoms with van der Waals surface area (Å²) >= 11 is 0. The van der Waals surface area contributed by atoms with Gasteiger partial charge in [-0.1, -0.05) is 25.7 Å². The zero-order valence-electron chi connectivity index (χ0n) is 12.9. The molecule has 1 aromatic rings. The van der Waals surface area contributed by atoms with Gasteiger partial charge in [-0.15, -0.1) is 0 Å². The maximum absolute atomic E-state index is 5.83. The van der Waals surface area contributed by atoms with Crippen molar-refractivity contribution in [2.24, 2.45) is 0 Å². The molecular formula is C15H26N4O2. The second-order valence-corrected chi connectivity index (χ2v) is 5.51. The minimum Gasteiger partial charge on any atom is -0.382 e. The van der Waals surface area contributed by atoms with Crippen LogP contribution in [0.15, 0.2) is 0 Å². The molecule has 0 spiro atoms. The molecule has 6 heteroatoms. The number of hydrogen-bond acceptors (Lipinski definition) is 6. The van der Waals surface area contributed by atoms with Crippen molar-refractivity contribution in [1.82, 2.24) is 15.0 Å². The van der Waals surface area contributed by atoms with E-state index in [0.717, 1.165) is 24.5 Å². The van der Waals surface area contributed by atoms with Gasteiger partial charge in [0.25, 0.3) is 0 Å². The molecule has 2 rings (SSSR count). The first kappa shape index (κ1) is 16.1. The average molecular weight is 294 g/mol. The maximum atomic E-state index is 5.83. The van der Waals surface area contributed by atoms with Crippen LogP contribution in [0.4, 0.5) is 5.95 Å². The number of nitrogens with two attached hydrogens (primary N) is 1. The second-order valence-electron chi connectivity index (χ2n) is 5.51. The quantitative estimate of drug-likeness (QED) is 0.612. The van der Waals surface area contributed by atoms with E-state index in [1.54, 1.807) is 7.11 Å². The Labute approximate surface area is 126 Å². The minimum atomic E-state index is 0.330. The highest BCUT2D eigenvalue weighted by atomic mass is 16.5. The molecule has 2 N–H and O–H groups in total. The molecule has 0 aromatic carbocycles. The molecular weight excluding hydrogens is 268 g/mol. The lowest BCUT2D eigenvalue weighted by molar-refractivity contribution is 0.0716. The maximum Gasteiger partial charge on any atom is 0.223 e. The highest BCUT2D eigenvalue weighted by Crippen LogP contribution is 2.29. The number of nitrogen functional groups attached to an aromatic ring is 1. The molecule has 0 bridgehead atoms. The minimum absolute atomic E-state index is 0.330. The van der Waals surface area contributed by atoms with Crippen molar-refractivity contribution in [2.75, 3.05) is 32.7 Å². The second kappa shape index (κ2) is 8.89. The summed E-state index contributed by atoms with van der Waals surface area (Å²) in [5.41, 5.74) is 5.83. The van der Waals surface area contributed by atoms with Gasteiger partial charge in [0.2, 0.25) is 5.95 Å². The fraction of sp³-hybridized carbons (Fsp3) is 0.800. The number of nitrogens with zero attached hydrogens (tertiary/aromatic N) is 3. The lowest BCUT2D eigenvalue weighted by Crippen LogP contribution is -2.13. The summed E-state index contributed by atoms with van der Waals surface area (Å²) in [4.78, 5) is 13.2. The van der Waals surface area contributed by atoms with Gasteiger partial charge in [-0.25, -0.2) is 4.98 Å². The average Bonchev–Trinajstić information content (AvgIpc) is 2.75. The molecule has 6 nitrogen and oxygen atoms in total. The van der Waals surface area contributed by atoms with E-state index in [9.17, 15) is 0 Å². The molecule has 1 aliphatic carbocycles. The first-order chi connectivity index (χ1) is 10.3. The number of aromatic nitrogens is 3. The van der Waals surface area contributed by atoms with Gasteiger partial charge >= 0.3 is 0 Å². The fourth-order valence-corrected chi connectivity index (χ4v) is 2.70. The van der Waals surface area contributed by atoms with Crippen LogP contribution in [0.5, 0.6) is 0 Å². The molecule has 0 radical (unpaired) electrons. The van der Waals surface area contributed by atoms with E-state index in [2.05, 4.69) is 15.0 Å². The Balaban J connectivity index is 1.92. The third-order valence-corrected chi connectivity index (χ3v) is 3.84. The standard InChI is InChI=1S/C15H26N4O2/c1-20-10-11-21-9-8-13-17-14(19-15(16)18-13)12-6-4-2-3-5-7-12/h12H,2-11H2,1H3,(H2,16,17,18,19). The Morgan fingerprint density at radius 2 is 1.76 bits per heavy atom. The van der Waals surface area contributed by atoms with Crippen molar-refractivity contribution in [1.29, 1.82) is 0 Å². The van der Waals surface area contributed by atoms with E-state index in [1.807, 2.05) is 0 Å². The van der Waals surface area contributed by atoms with Gasteiger partial charge in [0, 0.05) is 19.4 Å². The third kappa shape index (κ3) is 5.55. The molecule has 1 fully saturated rings. The summed E-state index contributed by atoms with van der Waals surface area (Å²) in [7, 11) is 1.66. The lowest BCUT2D eigenvalue weighted by Gasteiger charge is -2.13. The Kier molecular flexibility index (Phi) is 6.82. The molecule has 21 heavy (non-hydrogen) atoms. The molecule has 1 saturated carbocycles. The van der Waals surface area contributed by atoms with Crippen LogP contribution in [0.25, 0.3) is 0 Å². The largest absolute Gasteiger partial charge is 0.382 e. The Hall–Kier alpha value is -1.27. The van der Waals surface area contributed by atoms with Crippen LogP contribution in [0.1, 0.15) is 56.1 Å². The number of anilines is 1. The zero-order valence-corrected chi connectivity index (χ0v) is 12.9. The molecule has 118 valence electrons. The van der Waals surface area contributed by atoms with Crippen LogP contribution in [0.3, 0.4) is 0 Å². The molecule has 0 aliphatic heterocycles. The Morgan fingerprint density at radius 3 is 2.48 bits per heavy atom. The summed E-state index contributed by atoms with van der Waals surface area (Å²) in [6.45, 7) is 1.77. The van der Waals surface area contributed by atoms with Crippen LogP contribution >= 0.6 is 0 Å². The molecule has 0 saturated heterocycles. The van der Waals surface area contributed by atoms with E-state index >= 15 is 0 Å². The number of hydrogen-bond donors (Lipinski definition) is 1. The number of methoxy groups -OCH3 is 1. The molecule has 1 aliphatic rings. The summed E-state index contributed by atoms with van der Waals surface area (Å²) in [5.74, 6) is 2.37. The predicted molar refractivity (Wildman–Crippen MR) is 81.1 cm³/mol. The van der Waals surface area contributed by atoms with Crippen molar-refractivity contribution in [3.8, 4) is 0 Å². The van der Waals surface area contributed by atoms with Crippen LogP contribution < -0.4 is 5.73 Å².